The van der Waals surface area contributed by atoms with Crippen molar-refractivity contribution in [3.05, 3.63) is 28.7 Å². The van der Waals surface area contributed by atoms with E-state index in [0.717, 1.165) is 12.3 Å². The summed E-state index contributed by atoms with van der Waals surface area (Å²) in [5.74, 6) is 0. The maximum absolute atomic E-state index is 11.8. The van der Waals surface area contributed by atoms with Crippen molar-refractivity contribution in [3.63, 3.8) is 0 Å². The number of sulfonamides is 1. The van der Waals surface area contributed by atoms with E-state index in [1.54, 1.807) is 13.8 Å². The lowest BCUT2D eigenvalue weighted by Gasteiger charge is -2.15. The van der Waals surface area contributed by atoms with Crippen LogP contribution in [0.3, 0.4) is 0 Å². The highest BCUT2D eigenvalue weighted by Crippen LogP contribution is 2.07. The van der Waals surface area contributed by atoms with Crippen LogP contribution in [0, 0.1) is 0 Å². The number of aliphatic hydroxyl groups excluding tert-OH is 1. The smallest absolute Gasteiger partial charge is 0.247 e. The lowest BCUT2D eigenvalue weighted by molar-refractivity contribution is 0.175. The molecular formula is C10H16N2O4S. The molecule has 0 bridgehead atoms. The van der Waals surface area contributed by atoms with Gasteiger partial charge in [0.05, 0.1) is 11.0 Å². The van der Waals surface area contributed by atoms with E-state index in [9.17, 15) is 13.2 Å². The van der Waals surface area contributed by atoms with Gasteiger partial charge >= 0.3 is 0 Å². The minimum Gasteiger partial charge on any atom is -0.393 e. The van der Waals surface area contributed by atoms with E-state index in [0.29, 0.717) is 6.42 Å². The maximum atomic E-state index is 11.8. The van der Waals surface area contributed by atoms with Gasteiger partial charge in [-0.3, -0.25) is 4.79 Å². The van der Waals surface area contributed by atoms with E-state index in [4.69, 9.17) is 5.11 Å². The van der Waals surface area contributed by atoms with Crippen molar-refractivity contribution in [2.75, 3.05) is 0 Å². The van der Waals surface area contributed by atoms with Gasteiger partial charge in [0.2, 0.25) is 15.6 Å². The molecule has 1 rings (SSSR count). The molecule has 0 fully saturated rings. The number of nitrogens with one attached hydrogen (secondary N) is 2. The second-order valence-electron chi connectivity index (χ2n) is 4.00. The molecule has 0 radical (unpaired) electrons. The summed E-state index contributed by atoms with van der Waals surface area (Å²) < 4.78 is 26.1. The summed E-state index contributed by atoms with van der Waals surface area (Å²) in [5.41, 5.74) is -0.360. The highest BCUT2D eigenvalue weighted by Gasteiger charge is 2.18. The molecular weight excluding hydrogens is 244 g/mol. The van der Waals surface area contributed by atoms with Crippen LogP contribution in [0.25, 0.3) is 0 Å². The van der Waals surface area contributed by atoms with E-state index in [2.05, 4.69) is 9.71 Å². The third kappa shape index (κ3) is 4.29. The van der Waals surface area contributed by atoms with Crippen LogP contribution in [-0.2, 0) is 10.0 Å². The number of rotatable bonds is 5. The van der Waals surface area contributed by atoms with Crippen molar-refractivity contribution in [1.29, 1.82) is 0 Å². The highest BCUT2D eigenvalue weighted by atomic mass is 32.2. The first-order chi connectivity index (χ1) is 7.81. The van der Waals surface area contributed by atoms with Gasteiger partial charge < -0.3 is 10.1 Å². The number of H-pyrrole nitrogens is 1. The van der Waals surface area contributed by atoms with Gasteiger partial charge in [-0.1, -0.05) is 0 Å². The molecule has 7 heteroatoms. The first-order valence-corrected chi connectivity index (χ1v) is 6.68. The molecule has 1 heterocycles. The minimum atomic E-state index is -3.65. The summed E-state index contributed by atoms with van der Waals surface area (Å²) in [7, 11) is -3.65. The average Bonchev–Trinajstić information content (AvgIpc) is 2.15. The predicted molar refractivity (Wildman–Crippen MR) is 63.1 cm³/mol. The molecule has 0 aliphatic heterocycles. The molecule has 0 amide bonds. The summed E-state index contributed by atoms with van der Waals surface area (Å²) in [6, 6.07) is 2.00. The molecule has 0 aliphatic carbocycles. The number of aromatic nitrogens is 1. The largest absolute Gasteiger partial charge is 0.393 e. The number of pyridine rings is 1. The second kappa shape index (κ2) is 5.44. The summed E-state index contributed by atoms with van der Waals surface area (Å²) in [6.45, 7) is 3.25. The molecule has 0 spiro atoms. The van der Waals surface area contributed by atoms with Crippen molar-refractivity contribution in [1.82, 2.24) is 9.71 Å². The highest BCUT2D eigenvalue weighted by molar-refractivity contribution is 7.89. The van der Waals surface area contributed by atoms with Gasteiger partial charge in [-0.05, 0) is 26.3 Å². The first kappa shape index (κ1) is 13.9. The molecule has 6 nitrogen and oxygen atoms in total. The van der Waals surface area contributed by atoms with Gasteiger partial charge in [0.15, 0.2) is 0 Å². The van der Waals surface area contributed by atoms with Crippen molar-refractivity contribution in [2.45, 2.75) is 37.3 Å². The van der Waals surface area contributed by atoms with E-state index in [-0.39, 0.29) is 16.5 Å². The van der Waals surface area contributed by atoms with Crippen LogP contribution in [0.2, 0.25) is 0 Å². The number of hydrogen-bond acceptors (Lipinski definition) is 4. The summed E-state index contributed by atoms with van der Waals surface area (Å²) in [5, 5.41) is 9.14. The number of hydrogen-bond donors (Lipinski definition) is 3. The molecule has 96 valence electrons. The Morgan fingerprint density at radius 2 is 2.06 bits per heavy atom. The zero-order valence-electron chi connectivity index (χ0n) is 9.67. The van der Waals surface area contributed by atoms with Crippen LogP contribution in [-0.4, -0.2) is 30.7 Å². The maximum Gasteiger partial charge on any atom is 0.247 e. The fourth-order valence-corrected chi connectivity index (χ4v) is 2.68. The Bertz CT molecular complexity index is 501. The van der Waals surface area contributed by atoms with Crippen molar-refractivity contribution in [3.8, 4) is 0 Å². The Morgan fingerprint density at radius 1 is 1.41 bits per heavy atom. The summed E-state index contributed by atoms with van der Waals surface area (Å²) in [4.78, 5) is 13.1. The SMILES string of the molecule is CC(O)CC(C)NS(=O)(=O)c1ccc(=O)[nH]c1. The summed E-state index contributed by atoms with van der Waals surface area (Å²) >= 11 is 0. The molecule has 17 heavy (non-hydrogen) atoms. The normalized spacial score (nSPS) is 15.5. The number of aromatic amines is 1. The van der Waals surface area contributed by atoms with Gasteiger partial charge in [-0.2, -0.15) is 0 Å². The lowest BCUT2D eigenvalue weighted by atomic mass is 10.2. The van der Waals surface area contributed by atoms with E-state index < -0.39 is 16.1 Å². The average molecular weight is 260 g/mol. The van der Waals surface area contributed by atoms with Crippen LogP contribution in [0.1, 0.15) is 20.3 Å². The Labute approximate surface area is 99.7 Å². The molecule has 1 aromatic rings. The second-order valence-corrected chi connectivity index (χ2v) is 5.71. The molecule has 0 aliphatic rings. The Hall–Kier alpha value is -1.18. The minimum absolute atomic E-state index is 0.00505. The molecule has 2 atom stereocenters. The quantitative estimate of drug-likeness (QED) is 0.683. The van der Waals surface area contributed by atoms with Gasteiger partial charge in [0.25, 0.3) is 0 Å². The lowest BCUT2D eigenvalue weighted by Crippen LogP contribution is -2.34. The van der Waals surface area contributed by atoms with Crippen LogP contribution < -0.4 is 10.3 Å². The fourth-order valence-electron chi connectivity index (χ4n) is 1.46. The Kier molecular flexibility index (Phi) is 4.44. The third-order valence-corrected chi connectivity index (χ3v) is 3.70. The number of aliphatic hydroxyl groups is 1. The third-order valence-electron chi connectivity index (χ3n) is 2.12. The Balaban J connectivity index is 2.82. The van der Waals surface area contributed by atoms with Crippen LogP contribution in [0.4, 0.5) is 0 Å². The van der Waals surface area contributed by atoms with E-state index in [1.807, 2.05) is 0 Å². The van der Waals surface area contributed by atoms with E-state index in [1.165, 1.54) is 6.07 Å². The van der Waals surface area contributed by atoms with Gasteiger partial charge in [-0.15, -0.1) is 0 Å². The molecule has 1 aromatic heterocycles. The van der Waals surface area contributed by atoms with Gasteiger partial charge in [0, 0.05) is 18.3 Å². The van der Waals surface area contributed by atoms with Crippen molar-refractivity contribution >= 4 is 10.0 Å². The van der Waals surface area contributed by atoms with Crippen molar-refractivity contribution in [2.24, 2.45) is 0 Å². The topological polar surface area (TPSA) is 99.3 Å². The van der Waals surface area contributed by atoms with Crippen LogP contribution >= 0.6 is 0 Å². The molecule has 2 unspecified atom stereocenters. The molecule has 3 N–H and O–H groups in total. The fraction of sp³-hybridized carbons (Fsp3) is 0.500. The zero-order valence-corrected chi connectivity index (χ0v) is 10.5. The Morgan fingerprint density at radius 3 is 2.53 bits per heavy atom. The van der Waals surface area contributed by atoms with E-state index >= 15 is 0 Å². The van der Waals surface area contributed by atoms with Crippen LogP contribution in [0.5, 0.6) is 0 Å². The standard InChI is InChI=1S/C10H16N2O4S/c1-7(5-8(2)13)12-17(15,16)9-3-4-10(14)11-6-9/h3-4,6-8,12-13H,5H2,1-2H3,(H,11,14). The molecule has 0 aromatic carbocycles. The summed E-state index contributed by atoms with van der Waals surface area (Å²) in [6.07, 6.45) is 0.880. The van der Waals surface area contributed by atoms with Gasteiger partial charge in [-0.25, -0.2) is 13.1 Å². The van der Waals surface area contributed by atoms with Crippen molar-refractivity contribution < 1.29 is 13.5 Å². The molecule has 0 saturated carbocycles. The zero-order chi connectivity index (χ0) is 13.1. The van der Waals surface area contributed by atoms with Gasteiger partial charge in [0.1, 0.15) is 0 Å². The first-order valence-electron chi connectivity index (χ1n) is 5.20. The van der Waals surface area contributed by atoms with Crippen LogP contribution in [0.15, 0.2) is 28.0 Å². The predicted octanol–water partition coefficient (Wildman–Crippen LogP) is -0.187. The molecule has 0 saturated heterocycles. The monoisotopic (exact) mass is 260 g/mol.